The van der Waals surface area contributed by atoms with Crippen molar-refractivity contribution < 1.29 is 9.31 Å². The summed E-state index contributed by atoms with van der Waals surface area (Å²) in [5, 5.41) is 10.6. The number of unbranched alkanes of at least 4 members (excludes halogenated alkanes) is 2. The van der Waals surface area contributed by atoms with Crippen molar-refractivity contribution >= 4 is 5.69 Å². The van der Waals surface area contributed by atoms with Crippen LogP contribution in [-0.2, 0) is 6.42 Å². The summed E-state index contributed by atoms with van der Waals surface area (Å²) in [4.78, 5) is 10.0. The summed E-state index contributed by atoms with van der Waals surface area (Å²) in [6.07, 6.45) is 4.57. The molecule has 21 heavy (non-hydrogen) atoms. The number of benzene rings is 2. The highest BCUT2D eigenvalue weighted by atomic mass is 19.1. The zero-order valence-corrected chi connectivity index (χ0v) is 12.0. The summed E-state index contributed by atoms with van der Waals surface area (Å²) < 4.78 is 13.9. The van der Waals surface area contributed by atoms with E-state index in [4.69, 9.17) is 0 Å². The highest BCUT2D eigenvalue weighted by Crippen LogP contribution is 2.26. The van der Waals surface area contributed by atoms with Crippen LogP contribution in [-0.4, -0.2) is 4.92 Å². The van der Waals surface area contributed by atoms with Crippen LogP contribution < -0.4 is 0 Å². The molecule has 0 atom stereocenters. The summed E-state index contributed by atoms with van der Waals surface area (Å²) in [5.41, 5.74) is 2.13. The van der Waals surface area contributed by atoms with Crippen molar-refractivity contribution in [3.63, 3.8) is 0 Å². The summed E-state index contributed by atoms with van der Waals surface area (Å²) in [6, 6.07) is 11.5. The molecule has 0 unspecified atom stereocenters. The number of non-ortho nitro benzene ring substituents is 1. The van der Waals surface area contributed by atoms with Crippen molar-refractivity contribution in [2.75, 3.05) is 0 Å². The van der Waals surface area contributed by atoms with Crippen LogP contribution in [0.1, 0.15) is 31.7 Å². The molecule has 0 saturated carbocycles. The number of rotatable bonds is 6. The molecule has 0 aliphatic heterocycles. The Bertz CT molecular complexity index is 623. The topological polar surface area (TPSA) is 43.1 Å². The van der Waals surface area contributed by atoms with Gasteiger partial charge in [-0.1, -0.05) is 44.0 Å². The molecule has 2 aromatic carbocycles. The molecule has 0 fully saturated rings. The zero-order valence-electron chi connectivity index (χ0n) is 12.0. The number of nitrogens with zero attached hydrogens (tertiary/aromatic N) is 1. The molecule has 0 saturated heterocycles. The summed E-state index contributed by atoms with van der Waals surface area (Å²) in [5.74, 6) is -0.567. The first-order chi connectivity index (χ1) is 10.1. The highest BCUT2D eigenvalue weighted by Gasteiger charge is 2.11. The van der Waals surface area contributed by atoms with Crippen molar-refractivity contribution in [3.8, 4) is 11.1 Å². The Balaban J connectivity index is 2.17. The second-order valence-corrected chi connectivity index (χ2v) is 5.08. The molecule has 0 heterocycles. The lowest BCUT2D eigenvalue weighted by Crippen LogP contribution is -1.91. The Morgan fingerprint density at radius 1 is 1.10 bits per heavy atom. The molecule has 0 amide bonds. The lowest BCUT2D eigenvalue weighted by atomic mass is 10.0. The quantitative estimate of drug-likeness (QED) is 0.420. The molecule has 0 aromatic heterocycles. The SMILES string of the molecule is CCCCCc1ccc(-c2ccc([N+](=O)[O-])cc2F)cc1. The van der Waals surface area contributed by atoms with Crippen LogP contribution in [0.25, 0.3) is 11.1 Å². The molecule has 4 heteroatoms. The minimum absolute atomic E-state index is 0.229. The van der Waals surface area contributed by atoms with Gasteiger partial charge in [-0.15, -0.1) is 0 Å². The molecule has 110 valence electrons. The van der Waals surface area contributed by atoms with Crippen LogP contribution >= 0.6 is 0 Å². The number of nitro benzene ring substituents is 1. The Hall–Kier alpha value is -2.23. The number of nitro groups is 1. The molecule has 0 aliphatic rings. The molecular formula is C17H18FNO2. The van der Waals surface area contributed by atoms with Gasteiger partial charge in [0.15, 0.2) is 0 Å². The van der Waals surface area contributed by atoms with Crippen LogP contribution in [0.2, 0.25) is 0 Å². The molecule has 0 spiro atoms. The Morgan fingerprint density at radius 2 is 1.81 bits per heavy atom. The molecule has 0 radical (unpaired) electrons. The molecular weight excluding hydrogens is 269 g/mol. The first-order valence-electron chi connectivity index (χ1n) is 7.15. The maximum absolute atomic E-state index is 13.9. The Labute approximate surface area is 123 Å². The van der Waals surface area contributed by atoms with E-state index >= 15 is 0 Å². The van der Waals surface area contributed by atoms with Gasteiger partial charge in [0.1, 0.15) is 5.82 Å². The average Bonchev–Trinajstić information content (AvgIpc) is 2.48. The maximum Gasteiger partial charge on any atom is 0.272 e. The number of aryl methyl sites for hydroxylation is 1. The van der Waals surface area contributed by atoms with E-state index in [1.54, 1.807) is 0 Å². The Morgan fingerprint density at radius 3 is 2.38 bits per heavy atom. The number of halogens is 1. The van der Waals surface area contributed by atoms with Gasteiger partial charge < -0.3 is 0 Å². The van der Waals surface area contributed by atoms with E-state index in [-0.39, 0.29) is 5.69 Å². The van der Waals surface area contributed by atoms with Crippen LogP contribution in [0.5, 0.6) is 0 Å². The van der Waals surface area contributed by atoms with Gasteiger partial charge >= 0.3 is 0 Å². The summed E-state index contributed by atoms with van der Waals surface area (Å²) in [7, 11) is 0. The third-order valence-corrected chi connectivity index (χ3v) is 3.50. The van der Waals surface area contributed by atoms with Gasteiger partial charge in [-0.2, -0.15) is 0 Å². The lowest BCUT2D eigenvalue weighted by Gasteiger charge is -2.06. The van der Waals surface area contributed by atoms with Crippen molar-refractivity contribution in [2.45, 2.75) is 32.6 Å². The van der Waals surface area contributed by atoms with Crippen LogP contribution in [0.15, 0.2) is 42.5 Å². The van der Waals surface area contributed by atoms with Gasteiger partial charge in [-0.3, -0.25) is 10.1 Å². The predicted octanol–water partition coefficient (Wildman–Crippen LogP) is 5.13. The summed E-state index contributed by atoms with van der Waals surface area (Å²) >= 11 is 0. The zero-order chi connectivity index (χ0) is 15.2. The van der Waals surface area contributed by atoms with Gasteiger partial charge in [0.05, 0.1) is 11.0 Å². The van der Waals surface area contributed by atoms with E-state index in [9.17, 15) is 14.5 Å². The minimum atomic E-state index is -0.594. The van der Waals surface area contributed by atoms with Crippen LogP contribution in [0, 0.1) is 15.9 Å². The monoisotopic (exact) mass is 287 g/mol. The standard InChI is InChI=1S/C17H18FNO2/c1-2-3-4-5-13-6-8-14(9-7-13)16-11-10-15(19(20)21)12-17(16)18/h6-12H,2-5H2,1H3. The van der Waals surface area contributed by atoms with Crippen molar-refractivity contribution in [2.24, 2.45) is 0 Å². The fourth-order valence-electron chi connectivity index (χ4n) is 2.28. The van der Waals surface area contributed by atoms with E-state index in [2.05, 4.69) is 6.92 Å². The smallest absolute Gasteiger partial charge is 0.258 e. The second-order valence-electron chi connectivity index (χ2n) is 5.08. The van der Waals surface area contributed by atoms with Gasteiger partial charge in [-0.25, -0.2) is 4.39 Å². The third kappa shape index (κ3) is 3.88. The molecule has 0 bridgehead atoms. The van der Waals surface area contributed by atoms with Gasteiger partial charge in [0.25, 0.3) is 5.69 Å². The largest absolute Gasteiger partial charge is 0.272 e. The maximum atomic E-state index is 13.9. The second kappa shape index (κ2) is 6.97. The minimum Gasteiger partial charge on any atom is -0.258 e. The highest BCUT2D eigenvalue weighted by molar-refractivity contribution is 5.65. The fourth-order valence-corrected chi connectivity index (χ4v) is 2.28. The van der Waals surface area contributed by atoms with Crippen molar-refractivity contribution in [1.29, 1.82) is 0 Å². The van der Waals surface area contributed by atoms with Gasteiger partial charge in [0.2, 0.25) is 0 Å². The molecule has 0 N–H and O–H groups in total. The van der Waals surface area contributed by atoms with Gasteiger partial charge in [0, 0.05) is 11.6 Å². The van der Waals surface area contributed by atoms with Gasteiger partial charge in [-0.05, 0) is 30.0 Å². The van der Waals surface area contributed by atoms with Crippen molar-refractivity contribution in [1.82, 2.24) is 0 Å². The number of hydrogen-bond donors (Lipinski definition) is 0. The van der Waals surface area contributed by atoms with E-state index in [1.165, 1.54) is 30.5 Å². The predicted molar refractivity (Wildman–Crippen MR) is 81.7 cm³/mol. The third-order valence-electron chi connectivity index (χ3n) is 3.50. The first-order valence-corrected chi connectivity index (χ1v) is 7.15. The molecule has 2 rings (SSSR count). The summed E-state index contributed by atoms with van der Waals surface area (Å²) in [6.45, 7) is 2.17. The molecule has 2 aromatic rings. The average molecular weight is 287 g/mol. The lowest BCUT2D eigenvalue weighted by molar-refractivity contribution is -0.385. The van der Waals surface area contributed by atoms with E-state index in [1.807, 2.05) is 24.3 Å². The fraction of sp³-hybridized carbons (Fsp3) is 0.294. The normalized spacial score (nSPS) is 10.6. The van der Waals surface area contributed by atoms with Crippen LogP contribution in [0.4, 0.5) is 10.1 Å². The van der Waals surface area contributed by atoms with E-state index in [0.717, 1.165) is 24.5 Å². The van der Waals surface area contributed by atoms with E-state index < -0.39 is 10.7 Å². The van der Waals surface area contributed by atoms with Crippen LogP contribution in [0.3, 0.4) is 0 Å². The first kappa shape index (κ1) is 15.2. The van der Waals surface area contributed by atoms with Crippen molar-refractivity contribution in [3.05, 3.63) is 64.0 Å². The molecule has 3 nitrogen and oxygen atoms in total. The molecule has 0 aliphatic carbocycles. The van der Waals surface area contributed by atoms with E-state index in [0.29, 0.717) is 5.56 Å². The Kier molecular flexibility index (Phi) is 5.04. The number of hydrogen-bond acceptors (Lipinski definition) is 2.